The molecule has 7 nitrogen and oxygen atoms in total. The van der Waals surface area contributed by atoms with Crippen molar-refractivity contribution >= 4 is 17.7 Å². The van der Waals surface area contributed by atoms with Gasteiger partial charge in [-0.05, 0) is 56.0 Å². The highest BCUT2D eigenvalue weighted by Gasteiger charge is 2.39. The third kappa shape index (κ3) is 3.43. The van der Waals surface area contributed by atoms with Gasteiger partial charge in [0, 0.05) is 24.6 Å². The Morgan fingerprint density at radius 3 is 2.85 bits per heavy atom. The van der Waals surface area contributed by atoms with Crippen molar-refractivity contribution < 1.29 is 19.1 Å². The summed E-state index contributed by atoms with van der Waals surface area (Å²) in [4.78, 5) is 37.8. The molecule has 3 aliphatic rings. The van der Waals surface area contributed by atoms with Crippen LogP contribution < -0.4 is 15.4 Å². The number of imide groups is 1. The van der Waals surface area contributed by atoms with E-state index in [-0.39, 0.29) is 30.2 Å². The van der Waals surface area contributed by atoms with E-state index in [1.807, 2.05) is 12.1 Å². The number of hydrogen-bond acceptors (Lipinski definition) is 5. The van der Waals surface area contributed by atoms with Gasteiger partial charge in [0.2, 0.25) is 11.8 Å². The van der Waals surface area contributed by atoms with Gasteiger partial charge in [-0.15, -0.1) is 0 Å². The van der Waals surface area contributed by atoms with Crippen LogP contribution in [0.3, 0.4) is 0 Å². The summed E-state index contributed by atoms with van der Waals surface area (Å²) in [6, 6.07) is 5.33. The molecule has 1 saturated carbocycles. The maximum atomic E-state index is 12.7. The fraction of sp³-hybridized carbons (Fsp3) is 0.550. The summed E-state index contributed by atoms with van der Waals surface area (Å²) >= 11 is 0. The largest absolute Gasteiger partial charge is 0.489 e. The van der Waals surface area contributed by atoms with Crippen LogP contribution in [0, 0.1) is 0 Å². The monoisotopic (exact) mass is 371 g/mol. The van der Waals surface area contributed by atoms with Crippen molar-refractivity contribution in [3.63, 3.8) is 0 Å². The number of nitrogens with one attached hydrogen (secondary N) is 2. The lowest BCUT2D eigenvalue weighted by Gasteiger charge is -2.29. The third-order valence-electron chi connectivity index (χ3n) is 5.70. The molecule has 3 atom stereocenters. The number of ether oxygens (including phenoxy) is 1. The van der Waals surface area contributed by atoms with Crippen molar-refractivity contribution in [2.45, 2.75) is 63.8 Å². The average molecular weight is 371 g/mol. The van der Waals surface area contributed by atoms with Gasteiger partial charge in [0.1, 0.15) is 17.9 Å². The number of carbonyl (C=O) groups is 3. The van der Waals surface area contributed by atoms with Crippen LogP contribution in [0.5, 0.6) is 5.75 Å². The van der Waals surface area contributed by atoms with E-state index in [2.05, 4.69) is 17.6 Å². The van der Waals surface area contributed by atoms with Crippen LogP contribution in [-0.4, -0.2) is 47.4 Å². The van der Waals surface area contributed by atoms with Crippen molar-refractivity contribution in [2.75, 3.05) is 6.54 Å². The Balaban J connectivity index is 1.48. The molecule has 1 aromatic carbocycles. The molecule has 27 heavy (non-hydrogen) atoms. The normalized spacial score (nSPS) is 27.7. The molecule has 144 valence electrons. The number of amides is 3. The van der Waals surface area contributed by atoms with Crippen molar-refractivity contribution in [2.24, 2.45) is 0 Å². The summed E-state index contributed by atoms with van der Waals surface area (Å²) in [5.74, 6) is -0.0508. The molecule has 4 rings (SSSR count). The van der Waals surface area contributed by atoms with Gasteiger partial charge in [0.05, 0.1) is 0 Å². The molecule has 3 amide bonds. The number of likely N-dealkylation sites (N-methyl/N-ethyl adjacent to an activating group) is 1. The van der Waals surface area contributed by atoms with Crippen LogP contribution in [-0.2, 0) is 16.1 Å². The van der Waals surface area contributed by atoms with Crippen molar-refractivity contribution in [1.82, 2.24) is 15.5 Å². The molecule has 2 aliphatic heterocycles. The molecular weight excluding hydrogens is 346 g/mol. The molecule has 0 spiro atoms. The second kappa shape index (κ2) is 7.31. The Kier molecular flexibility index (Phi) is 4.86. The zero-order valence-electron chi connectivity index (χ0n) is 15.5. The Morgan fingerprint density at radius 2 is 2.07 bits per heavy atom. The molecule has 1 unspecified atom stereocenters. The highest BCUT2D eigenvalue weighted by Crippen LogP contribution is 2.32. The average Bonchev–Trinajstić information content (AvgIpc) is 3.20. The van der Waals surface area contributed by atoms with Gasteiger partial charge in [-0.2, -0.15) is 0 Å². The van der Waals surface area contributed by atoms with Crippen LogP contribution >= 0.6 is 0 Å². The molecule has 1 aliphatic carbocycles. The van der Waals surface area contributed by atoms with E-state index in [0.717, 1.165) is 37.1 Å². The van der Waals surface area contributed by atoms with Gasteiger partial charge in [0.25, 0.3) is 5.91 Å². The zero-order valence-corrected chi connectivity index (χ0v) is 15.5. The van der Waals surface area contributed by atoms with Gasteiger partial charge in [0.15, 0.2) is 0 Å². The van der Waals surface area contributed by atoms with Crippen molar-refractivity contribution in [1.29, 1.82) is 0 Å². The van der Waals surface area contributed by atoms with E-state index in [1.165, 1.54) is 0 Å². The Morgan fingerprint density at radius 1 is 1.22 bits per heavy atom. The first kappa shape index (κ1) is 18.0. The topological polar surface area (TPSA) is 87.7 Å². The predicted octanol–water partition coefficient (Wildman–Crippen LogP) is 1.36. The summed E-state index contributed by atoms with van der Waals surface area (Å²) in [7, 11) is 0. The highest BCUT2D eigenvalue weighted by atomic mass is 16.5. The summed E-state index contributed by atoms with van der Waals surface area (Å²) < 4.78 is 6.20. The smallest absolute Gasteiger partial charge is 0.255 e. The summed E-state index contributed by atoms with van der Waals surface area (Å²) in [5, 5.41) is 5.80. The minimum Gasteiger partial charge on any atom is -0.489 e. The summed E-state index contributed by atoms with van der Waals surface area (Å²) in [6.07, 6.45) is 4.07. The number of hydrogen-bond donors (Lipinski definition) is 2. The first-order valence-electron chi connectivity index (χ1n) is 9.74. The standard InChI is InChI=1S/C20H25N3O4/c1-2-21-15-4-3-5-17(15)27-13-6-7-14-12(10-13)11-23(20(14)26)16-8-9-18(24)22-19(16)25/h6-7,10,15-17,21H,2-5,8-9,11H2,1H3,(H,22,24,25)/t15-,16?,17-/m1/s1. The number of carbonyl (C=O) groups excluding carboxylic acids is 3. The van der Waals surface area contributed by atoms with Crippen LogP contribution in [0.15, 0.2) is 18.2 Å². The number of benzene rings is 1. The van der Waals surface area contributed by atoms with E-state index in [9.17, 15) is 14.4 Å². The number of piperidine rings is 1. The summed E-state index contributed by atoms with van der Waals surface area (Å²) in [6.45, 7) is 3.39. The van der Waals surface area contributed by atoms with E-state index >= 15 is 0 Å². The summed E-state index contributed by atoms with van der Waals surface area (Å²) in [5.41, 5.74) is 1.49. The maximum Gasteiger partial charge on any atom is 0.255 e. The van der Waals surface area contributed by atoms with Crippen LogP contribution in [0.4, 0.5) is 0 Å². The highest BCUT2D eigenvalue weighted by molar-refractivity contribution is 6.05. The van der Waals surface area contributed by atoms with E-state index in [4.69, 9.17) is 4.74 Å². The second-order valence-electron chi connectivity index (χ2n) is 7.47. The Bertz CT molecular complexity index is 778. The molecule has 1 aromatic rings. The molecule has 1 saturated heterocycles. The minimum atomic E-state index is -0.583. The Labute approximate surface area is 158 Å². The van der Waals surface area contributed by atoms with E-state index < -0.39 is 6.04 Å². The van der Waals surface area contributed by atoms with Gasteiger partial charge >= 0.3 is 0 Å². The maximum absolute atomic E-state index is 12.7. The number of rotatable bonds is 5. The van der Waals surface area contributed by atoms with E-state index in [1.54, 1.807) is 11.0 Å². The molecule has 2 fully saturated rings. The van der Waals surface area contributed by atoms with Gasteiger partial charge in [-0.25, -0.2) is 0 Å². The van der Waals surface area contributed by atoms with Gasteiger partial charge in [-0.3, -0.25) is 19.7 Å². The van der Waals surface area contributed by atoms with Crippen molar-refractivity contribution in [3.8, 4) is 5.75 Å². The van der Waals surface area contributed by atoms with Crippen molar-refractivity contribution in [3.05, 3.63) is 29.3 Å². The van der Waals surface area contributed by atoms with E-state index in [0.29, 0.717) is 24.6 Å². The predicted molar refractivity (Wildman–Crippen MR) is 98.2 cm³/mol. The molecule has 2 heterocycles. The number of nitrogens with zero attached hydrogens (tertiary/aromatic N) is 1. The molecular formula is C20H25N3O4. The van der Waals surface area contributed by atoms with Gasteiger partial charge < -0.3 is 15.0 Å². The van der Waals surface area contributed by atoms with Crippen LogP contribution in [0.25, 0.3) is 0 Å². The third-order valence-corrected chi connectivity index (χ3v) is 5.70. The van der Waals surface area contributed by atoms with Crippen LogP contribution in [0.1, 0.15) is 54.9 Å². The lowest BCUT2D eigenvalue weighted by molar-refractivity contribution is -0.136. The molecule has 2 N–H and O–H groups in total. The molecule has 0 radical (unpaired) electrons. The Hall–Kier alpha value is -2.41. The molecule has 7 heteroatoms. The number of fused-ring (bicyclic) bond motifs is 1. The second-order valence-corrected chi connectivity index (χ2v) is 7.47. The lowest BCUT2D eigenvalue weighted by Crippen LogP contribution is -2.52. The molecule has 0 bridgehead atoms. The lowest BCUT2D eigenvalue weighted by atomic mass is 10.0. The van der Waals surface area contributed by atoms with Gasteiger partial charge in [-0.1, -0.05) is 6.92 Å². The zero-order chi connectivity index (χ0) is 19.0. The fourth-order valence-electron chi connectivity index (χ4n) is 4.36. The first-order chi connectivity index (χ1) is 13.1. The minimum absolute atomic E-state index is 0.145. The van der Waals surface area contributed by atoms with Crippen LogP contribution in [0.2, 0.25) is 0 Å². The SMILES string of the molecule is CCN[C@@H]1CCC[C@H]1Oc1ccc2c(c1)CN(C1CCC(=O)NC1=O)C2=O. The molecule has 0 aromatic heterocycles. The quantitative estimate of drug-likeness (QED) is 0.763. The fourth-order valence-corrected chi connectivity index (χ4v) is 4.36. The first-order valence-corrected chi connectivity index (χ1v) is 9.74.